The number of hydrogen-bond donors (Lipinski definition) is 1. The third-order valence-corrected chi connectivity index (χ3v) is 3.05. The zero-order valence-corrected chi connectivity index (χ0v) is 12.5. The Hall–Kier alpha value is -1.78. The van der Waals surface area contributed by atoms with Crippen LogP contribution in [0.25, 0.3) is 0 Å². The van der Waals surface area contributed by atoms with E-state index in [-0.39, 0.29) is 10.6 Å². The quantitative estimate of drug-likeness (QED) is 0.543. The number of anilines is 1. The molecule has 5 heteroatoms. The average molecular weight is 280 g/mol. The number of nitro benzene ring substituents is 1. The average Bonchev–Trinajstić information content (AvgIpc) is 2.42. The molecule has 0 bridgehead atoms. The number of rotatable bonds is 9. The third-order valence-electron chi connectivity index (χ3n) is 3.05. The normalized spacial score (nSPS) is 11.9. The molecule has 1 atom stereocenters. The largest absolute Gasteiger partial charge is 0.486 e. The van der Waals surface area contributed by atoms with Crippen LogP contribution in [0.2, 0.25) is 0 Å². The molecule has 0 spiro atoms. The van der Waals surface area contributed by atoms with Crippen molar-refractivity contribution in [3.05, 3.63) is 28.3 Å². The van der Waals surface area contributed by atoms with Gasteiger partial charge in [0.15, 0.2) is 5.75 Å². The highest BCUT2D eigenvalue weighted by Crippen LogP contribution is 2.35. The van der Waals surface area contributed by atoms with E-state index in [0.717, 1.165) is 19.3 Å². The van der Waals surface area contributed by atoms with Gasteiger partial charge in [-0.2, -0.15) is 0 Å². The molecule has 1 rings (SSSR count). The molecular formula is C15H24N2O3. The van der Waals surface area contributed by atoms with Crippen molar-refractivity contribution in [2.75, 3.05) is 18.5 Å². The van der Waals surface area contributed by atoms with Crippen molar-refractivity contribution in [1.82, 2.24) is 0 Å². The van der Waals surface area contributed by atoms with E-state index in [4.69, 9.17) is 4.74 Å². The molecule has 1 aromatic carbocycles. The Labute approximate surface area is 120 Å². The monoisotopic (exact) mass is 280 g/mol. The minimum atomic E-state index is -0.377. The van der Waals surface area contributed by atoms with Crippen molar-refractivity contribution in [3.63, 3.8) is 0 Å². The summed E-state index contributed by atoms with van der Waals surface area (Å²) in [5.74, 6) is 0.742. The number of ether oxygens (including phenoxy) is 1. The highest BCUT2D eigenvalue weighted by Gasteiger charge is 2.21. The Morgan fingerprint density at radius 1 is 1.35 bits per heavy atom. The van der Waals surface area contributed by atoms with Gasteiger partial charge in [0.25, 0.3) is 0 Å². The number of nitrogens with zero attached hydrogens (tertiary/aromatic N) is 1. The van der Waals surface area contributed by atoms with Gasteiger partial charge in [-0.25, -0.2) is 0 Å². The molecule has 20 heavy (non-hydrogen) atoms. The highest BCUT2D eigenvalue weighted by atomic mass is 16.6. The second kappa shape index (κ2) is 8.40. The lowest BCUT2D eigenvalue weighted by Gasteiger charge is -2.14. The summed E-state index contributed by atoms with van der Waals surface area (Å²) in [7, 11) is 0. The summed E-state index contributed by atoms with van der Waals surface area (Å²) in [6.07, 6.45) is 3.06. The molecule has 0 radical (unpaired) electrons. The SMILES string of the molecule is CCCNc1cccc(OCC(C)CCC)c1[N+](=O)[O-]. The fourth-order valence-electron chi connectivity index (χ4n) is 2.04. The van der Waals surface area contributed by atoms with Crippen molar-refractivity contribution < 1.29 is 9.66 Å². The number of para-hydroxylation sites is 1. The Kier molecular flexibility index (Phi) is 6.84. The lowest BCUT2D eigenvalue weighted by atomic mass is 10.1. The highest BCUT2D eigenvalue weighted by molar-refractivity contribution is 5.68. The van der Waals surface area contributed by atoms with Crippen LogP contribution in [-0.4, -0.2) is 18.1 Å². The lowest BCUT2D eigenvalue weighted by molar-refractivity contribution is -0.385. The van der Waals surface area contributed by atoms with Crippen LogP contribution in [0.5, 0.6) is 5.75 Å². The van der Waals surface area contributed by atoms with Crippen LogP contribution >= 0.6 is 0 Å². The first kappa shape index (κ1) is 16.3. The van der Waals surface area contributed by atoms with Crippen LogP contribution in [0.3, 0.4) is 0 Å². The molecule has 1 unspecified atom stereocenters. The Morgan fingerprint density at radius 2 is 2.10 bits per heavy atom. The third kappa shape index (κ3) is 4.72. The molecule has 1 N–H and O–H groups in total. The van der Waals surface area contributed by atoms with Crippen LogP contribution < -0.4 is 10.1 Å². The first-order valence-corrected chi connectivity index (χ1v) is 7.24. The molecular weight excluding hydrogens is 256 g/mol. The van der Waals surface area contributed by atoms with Crippen molar-refractivity contribution in [1.29, 1.82) is 0 Å². The summed E-state index contributed by atoms with van der Waals surface area (Å²) in [6.45, 7) is 7.44. The molecule has 0 aliphatic rings. The standard InChI is InChI=1S/C15H24N2O3/c1-4-7-12(3)11-20-14-9-6-8-13(16-10-5-2)15(14)17(18)19/h6,8-9,12,16H,4-5,7,10-11H2,1-3H3. The van der Waals surface area contributed by atoms with Gasteiger partial charge in [-0.1, -0.05) is 33.3 Å². The van der Waals surface area contributed by atoms with Gasteiger partial charge < -0.3 is 10.1 Å². The predicted molar refractivity (Wildman–Crippen MR) is 81.4 cm³/mol. The van der Waals surface area contributed by atoms with Crippen LogP contribution in [0.4, 0.5) is 11.4 Å². The Bertz CT molecular complexity index is 435. The molecule has 0 aromatic heterocycles. The van der Waals surface area contributed by atoms with Crippen molar-refractivity contribution in [3.8, 4) is 5.75 Å². The van der Waals surface area contributed by atoms with Crippen LogP contribution in [0.1, 0.15) is 40.0 Å². The summed E-state index contributed by atoms with van der Waals surface area (Å²) in [4.78, 5) is 10.9. The molecule has 0 aliphatic carbocycles. The fourth-order valence-corrected chi connectivity index (χ4v) is 2.04. The van der Waals surface area contributed by atoms with Gasteiger partial charge in [-0.05, 0) is 30.9 Å². The summed E-state index contributed by atoms with van der Waals surface area (Å²) in [5, 5.41) is 14.3. The molecule has 5 nitrogen and oxygen atoms in total. The van der Waals surface area contributed by atoms with E-state index in [2.05, 4.69) is 19.2 Å². The summed E-state index contributed by atoms with van der Waals surface area (Å²) < 4.78 is 5.65. The van der Waals surface area contributed by atoms with E-state index in [1.165, 1.54) is 0 Å². The number of nitrogens with one attached hydrogen (secondary N) is 1. The first-order valence-electron chi connectivity index (χ1n) is 7.24. The van der Waals surface area contributed by atoms with Crippen LogP contribution in [0.15, 0.2) is 18.2 Å². The summed E-state index contributed by atoms with van der Waals surface area (Å²) in [6, 6.07) is 5.16. The lowest BCUT2D eigenvalue weighted by Crippen LogP contribution is -2.10. The molecule has 0 fully saturated rings. The van der Waals surface area contributed by atoms with Gasteiger partial charge in [-0.15, -0.1) is 0 Å². The zero-order chi connectivity index (χ0) is 15.0. The van der Waals surface area contributed by atoms with Gasteiger partial charge in [0.05, 0.1) is 11.5 Å². The van der Waals surface area contributed by atoms with E-state index in [9.17, 15) is 10.1 Å². The van der Waals surface area contributed by atoms with E-state index in [1.807, 2.05) is 6.92 Å². The second-order valence-corrected chi connectivity index (χ2v) is 5.04. The van der Waals surface area contributed by atoms with Crippen molar-refractivity contribution >= 4 is 11.4 Å². The first-order chi connectivity index (χ1) is 9.60. The zero-order valence-electron chi connectivity index (χ0n) is 12.5. The molecule has 0 heterocycles. The summed E-state index contributed by atoms with van der Waals surface area (Å²) >= 11 is 0. The molecule has 112 valence electrons. The number of hydrogen-bond acceptors (Lipinski definition) is 4. The maximum atomic E-state index is 11.3. The Balaban J connectivity index is 2.86. The van der Waals surface area contributed by atoms with E-state index in [0.29, 0.717) is 30.5 Å². The van der Waals surface area contributed by atoms with Gasteiger partial charge in [-0.3, -0.25) is 10.1 Å². The second-order valence-electron chi connectivity index (χ2n) is 5.04. The molecule has 0 amide bonds. The maximum Gasteiger partial charge on any atom is 0.333 e. The fraction of sp³-hybridized carbons (Fsp3) is 0.600. The van der Waals surface area contributed by atoms with Gasteiger partial charge in [0, 0.05) is 6.54 Å². The van der Waals surface area contributed by atoms with E-state index in [1.54, 1.807) is 18.2 Å². The maximum absolute atomic E-state index is 11.3. The van der Waals surface area contributed by atoms with E-state index >= 15 is 0 Å². The topological polar surface area (TPSA) is 64.4 Å². The van der Waals surface area contributed by atoms with Gasteiger partial charge in [0.2, 0.25) is 0 Å². The summed E-state index contributed by atoms with van der Waals surface area (Å²) in [5.41, 5.74) is 0.558. The predicted octanol–water partition coefficient (Wildman–Crippen LogP) is 4.23. The molecule has 0 aliphatic heterocycles. The number of benzene rings is 1. The molecule has 1 aromatic rings. The smallest absolute Gasteiger partial charge is 0.333 e. The van der Waals surface area contributed by atoms with Crippen LogP contribution in [0, 0.1) is 16.0 Å². The number of nitro groups is 1. The molecule has 0 saturated carbocycles. The Morgan fingerprint density at radius 3 is 2.70 bits per heavy atom. The minimum absolute atomic E-state index is 0.0321. The van der Waals surface area contributed by atoms with E-state index < -0.39 is 0 Å². The van der Waals surface area contributed by atoms with Crippen molar-refractivity contribution in [2.24, 2.45) is 5.92 Å². The van der Waals surface area contributed by atoms with Crippen molar-refractivity contribution in [2.45, 2.75) is 40.0 Å². The minimum Gasteiger partial charge on any atom is -0.486 e. The van der Waals surface area contributed by atoms with Gasteiger partial charge in [0.1, 0.15) is 5.69 Å². The molecule has 0 saturated heterocycles. The van der Waals surface area contributed by atoms with Crippen LogP contribution in [-0.2, 0) is 0 Å². The van der Waals surface area contributed by atoms with Gasteiger partial charge >= 0.3 is 5.69 Å².